The van der Waals surface area contributed by atoms with E-state index in [4.69, 9.17) is 16.3 Å². The highest BCUT2D eigenvalue weighted by molar-refractivity contribution is 6.18. The normalized spacial score (nSPS) is 16.5. The highest BCUT2D eigenvalue weighted by Crippen LogP contribution is 2.21. The van der Waals surface area contributed by atoms with Crippen LogP contribution in [0.2, 0.25) is 0 Å². The van der Waals surface area contributed by atoms with Crippen molar-refractivity contribution in [3.8, 4) is 5.75 Å². The van der Waals surface area contributed by atoms with Crippen molar-refractivity contribution in [2.24, 2.45) is 5.92 Å². The molecule has 1 aliphatic heterocycles. The second-order valence-corrected chi connectivity index (χ2v) is 5.89. The summed E-state index contributed by atoms with van der Waals surface area (Å²) in [7, 11) is 0. The SMILES string of the molecule is CC(C)Oc1ccc(C(=O)N2CCC(CCl)CC2)cc1. The molecule has 1 fully saturated rings. The van der Waals surface area contributed by atoms with Crippen LogP contribution in [0.25, 0.3) is 0 Å². The lowest BCUT2D eigenvalue weighted by Gasteiger charge is -2.31. The van der Waals surface area contributed by atoms with Gasteiger partial charge in [-0.1, -0.05) is 0 Å². The first-order valence-electron chi connectivity index (χ1n) is 7.22. The third-order valence-corrected chi connectivity index (χ3v) is 4.03. The van der Waals surface area contributed by atoms with Crippen LogP contribution in [0.15, 0.2) is 24.3 Å². The number of likely N-dealkylation sites (tertiary alicyclic amines) is 1. The number of rotatable bonds is 4. The number of amides is 1. The summed E-state index contributed by atoms with van der Waals surface area (Å²) in [5, 5.41) is 0. The number of nitrogens with zero attached hydrogens (tertiary/aromatic N) is 1. The molecule has 2 rings (SSSR count). The molecule has 0 radical (unpaired) electrons. The van der Waals surface area contributed by atoms with Crippen molar-refractivity contribution in [3.63, 3.8) is 0 Å². The van der Waals surface area contributed by atoms with Crippen LogP contribution in [0.5, 0.6) is 5.75 Å². The second kappa shape index (κ2) is 6.98. The molecule has 1 amide bonds. The number of carbonyl (C=O) groups is 1. The van der Waals surface area contributed by atoms with Crippen LogP contribution in [0.1, 0.15) is 37.0 Å². The molecule has 20 heavy (non-hydrogen) atoms. The number of ether oxygens (including phenoxy) is 1. The Morgan fingerprint density at radius 1 is 1.30 bits per heavy atom. The summed E-state index contributed by atoms with van der Waals surface area (Å²) in [6, 6.07) is 7.40. The first-order chi connectivity index (χ1) is 9.60. The van der Waals surface area contributed by atoms with Gasteiger partial charge in [0.2, 0.25) is 0 Å². The molecule has 110 valence electrons. The Bertz CT molecular complexity index is 436. The second-order valence-electron chi connectivity index (χ2n) is 5.58. The highest BCUT2D eigenvalue weighted by Gasteiger charge is 2.23. The quantitative estimate of drug-likeness (QED) is 0.795. The van der Waals surface area contributed by atoms with E-state index in [1.165, 1.54) is 0 Å². The van der Waals surface area contributed by atoms with Crippen LogP contribution in [-0.2, 0) is 0 Å². The molecule has 1 aliphatic rings. The van der Waals surface area contributed by atoms with Crippen molar-refractivity contribution in [2.45, 2.75) is 32.8 Å². The molecule has 0 aromatic heterocycles. The summed E-state index contributed by atoms with van der Waals surface area (Å²) in [6.45, 7) is 5.58. The summed E-state index contributed by atoms with van der Waals surface area (Å²) >= 11 is 5.87. The first kappa shape index (κ1) is 15.2. The van der Waals surface area contributed by atoms with Gasteiger partial charge in [-0.2, -0.15) is 0 Å². The predicted octanol–water partition coefficient (Wildman–Crippen LogP) is 3.56. The molecule has 1 heterocycles. The van der Waals surface area contributed by atoms with Crippen LogP contribution in [0, 0.1) is 5.92 Å². The summed E-state index contributed by atoms with van der Waals surface area (Å²) in [5.41, 5.74) is 0.727. The van der Waals surface area contributed by atoms with Gasteiger partial charge in [0.15, 0.2) is 0 Å². The van der Waals surface area contributed by atoms with Gasteiger partial charge >= 0.3 is 0 Å². The number of hydrogen-bond acceptors (Lipinski definition) is 2. The minimum atomic E-state index is 0.106. The molecule has 0 saturated carbocycles. The van der Waals surface area contributed by atoms with Gasteiger partial charge in [0, 0.05) is 24.5 Å². The molecular weight excluding hydrogens is 274 g/mol. The van der Waals surface area contributed by atoms with Crippen LogP contribution >= 0.6 is 11.6 Å². The van der Waals surface area contributed by atoms with Crippen molar-refractivity contribution >= 4 is 17.5 Å². The topological polar surface area (TPSA) is 29.5 Å². The Balaban J connectivity index is 1.95. The molecule has 0 unspecified atom stereocenters. The molecule has 1 aromatic carbocycles. The first-order valence-corrected chi connectivity index (χ1v) is 7.75. The van der Waals surface area contributed by atoms with Gasteiger partial charge in [-0.05, 0) is 56.9 Å². The van der Waals surface area contributed by atoms with Gasteiger partial charge in [0.25, 0.3) is 5.91 Å². The zero-order valence-corrected chi connectivity index (χ0v) is 12.9. The lowest BCUT2D eigenvalue weighted by molar-refractivity contribution is 0.0698. The van der Waals surface area contributed by atoms with E-state index in [0.29, 0.717) is 11.8 Å². The van der Waals surface area contributed by atoms with Crippen molar-refractivity contribution in [3.05, 3.63) is 29.8 Å². The maximum absolute atomic E-state index is 12.4. The predicted molar refractivity (Wildman–Crippen MR) is 81.6 cm³/mol. The van der Waals surface area contributed by atoms with Crippen LogP contribution in [0.3, 0.4) is 0 Å². The molecule has 3 nitrogen and oxygen atoms in total. The maximum atomic E-state index is 12.4. The molecular formula is C16H22ClNO2. The zero-order valence-electron chi connectivity index (χ0n) is 12.1. The van der Waals surface area contributed by atoms with E-state index in [0.717, 1.165) is 37.2 Å². The third-order valence-electron chi connectivity index (χ3n) is 3.59. The van der Waals surface area contributed by atoms with E-state index in [1.54, 1.807) is 0 Å². The molecule has 0 N–H and O–H groups in total. The van der Waals surface area contributed by atoms with Gasteiger partial charge in [0.05, 0.1) is 6.10 Å². The van der Waals surface area contributed by atoms with E-state index in [-0.39, 0.29) is 12.0 Å². The van der Waals surface area contributed by atoms with E-state index in [9.17, 15) is 4.79 Å². The van der Waals surface area contributed by atoms with Crippen LogP contribution < -0.4 is 4.74 Å². The Morgan fingerprint density at radius 2 is 1.90 bits per heavy atom. The number of hydrogen-bond donors (Lipinski definition) is 0. The zero-order chi connectivity index (χ0) is 14.5. The molecule has 0 atom stereocenters. The summed E-state index contributed by atoms with van der Waals surface area (Å²) in [6.07, 6.45) is 2.15. The summed E-state index contributed by atoms with van der Waals surface area (Å²) in [5.74, 6) is 2.16. The van der Waals surface area contributed by atoms with E-state index < -0.39 is 0 Å². The number of piperidine rings is 1. The molecule has 1 aromatic rings. The van der Waals surface area contributed by atoms with E-state index >= 15 is 0 Å². The maximum Gasteiger partial charge on any atom is 0.253 e. The Kier molecular flexibility index (Phi) is 5.30. The number of alkyl halides is 1. The largest absolute Gasteiger partial charge is 0.491 e. The van der Waals surface area contributed by atoms with Crippen molar-refractivity contribution in [2.75, 3.05) is 19.0 Å². The van der Waals surface area contributed by atoms with Gasteiger partial charge in [-0.25, -0.2) is 0 Å². The Labute approximate surface area is 125 Å². The third kappa shape index (κ3) is 3.89. The standard InChI is InChI=1S/C16H22ClNO2/c1-12(2)20-15-5-3-14(4-6-15)16(19)18-9-7-13(11-17)8-10-18/h3-6,12-13H,7-11H2,1-2H3. The fourth-order valence-corrected chi connectivity index (χ4v) is 2.73. The molecule has 1 saturated heterocycles. The van der Waals surface area contributed by atoms with Crippen molar-refractivity contribution in [1.82, 2.24) is 4.90 Å². The number of benzene rings is 1. The van der Waals surface area contributed by atoms with Gasteiger partial charge in [-0.3, -0.25) is 4.79 Å². The van der Waals surface area contributed by atoms with Gasteiger partial charge in [-0.15, -0.1) is 11.6 Å². The minimum absolute atomic E-state index is 0.106. The van der Waals surface area contributed by atoms with Gasteiger partial charge in [0.1, 0.15) is 5.75 Å². The average molecular weight is 296 g/mol. The smallest absolute Gasteiger partial charge is 0.253 e. The average Bonchev–Trinajstić information content (AvgIpc) is 2.47. The molecule has 0 aliphatic carbocycles. The molecule has 4 heteroatoms. The van der Waals surface area contributed by atoms with Crippen LogP contribution in [-0.4, -0.2) is 35.9 Å². The lowest BCUT2D eigenvalue weighted by atomic mass is 9.98. The van der Waals surface area contributed by atoms with Crippen molar-refractivity contribution in [1.29, 1.82) is 0 Å². The number of carbonyl (C=O) groups excluding carboxylic acids is 1. The van der Waals surface area contributed by atoms with E-state index in [1.807, 2.05) is 43.0 Å². The van der Waals surface area contributed by atoms with Crippen LogP contribution in [0.4, 0.5) is 0 Å². The summed E-state index contributed by atoms with van der Waals surface area (Å²) < 4.78 is 5.58. The molecule has 0 bridgehead atoms. The fourth-order valence-electron chi connectivity index (χ4n) is 2.42. The Hall–Kier alpha value is -1.22. The Morgan fingerprint density at radius 3 is 2.40 bits per heavy atom. The summed E-state index contributed by atoms with van der Waals surface area (Å²) in [4.78, 5) is 14.3. The monoisotopic (exact) mass is 295 g/mol. The number of halogens is 1. The minimum Gasteiger partial charge on any atom is -0.491 e. The highest BCUT2D eigenvalue weighted by atomic mass is 35.5. The van der Waals surface area contributed by atoms with Gasteiger partial charge < -0.3 is 9.64 Å². The lowest BCUT2D eigenvalue weighted by Crippen LogP contribution is -2.38. The molecule has 0 spiro atoms. The van der Waals surface area contributed by atoms with Crippen molar-refractivity contribution < 1.29 is 9.53 Å². The van der Waals surface area contributed by atoms with E-state index in [2.05, 4.69) is 0 Å². The fraction of sp³-hybridized carbons (Fsp3) is 0.562.